The fourth-order valence-electron chi connectivity index (χ4n) is 2.56. The monoisotopic (exact) mass is 509 g/mol. The van der Waals surface area contributed by atoms with E-state index in [0.717, 1.165) is 30.8 Å². The van der Waals surface area contributed by atoms with Gasteiger partial charge in [-0.2, -0.15) is 18.3 Å². The molecule has 0 spiro atoms. The normalized spacial score (nSPS) is 13.0. The second-order valence-corrected chi connectivity index (χ2v) is 6.42. The summed E-state index contributed by atoms with van der Waals surface area (Å²) in [5.41, 5.74) is 0.221. The molecule has 28 heavy (non-hydrogen) atoms. The maximum absolute atomic E-state index is 12.6. The Morgan fingerprint density at radius 2 is 1.93 bits per heavy atom. The lowest BCUT2D eigenvalue weighted by molar-refractivity contribution is -0.137. The van der Waals surface area contributed by atoms with Crippen molar-refractivity contribution >= 4 is 29.9 Å². The van der Waals surface area contributed by atoms with Gasteiger partial charge in [0.2, 0.25) is 0 Å². The summed E-state index contributed by atoms with van der Waals surface area (Å²) in [6.07, 6.45) is -0.00348. The molecule has 0 bridgehead atoms. The number of nitrogens with zero attached hydrogens (tertiary/aromatic N) is 3. The van der Waals surface area contributed by atoms with E-state index >= 15 is 0 Å². The fourth-order valence-corrected chi connectivity index (χ4v) is 2.56. The number of alkyl halides is 3. The number of hydrogen-bond acceptors (Lipinski definition) is 2. The molecule has 2 aromatic rings. The summed E-state index contributed by atoms with van der Waals surface area (Å²) >= 11 is 0. The average Bonchev–Trinajstić information content (AvgIpc) is 3.12. The van der Waals surface area contributed by atoms with Crippen LogP contribution in [0.4, 0.5) is 13.2 Å². The lowest BCUT2D eigenvalue weighted by atomic mass is 10.1. The number of nitrogens with one attached hydrogen (secondary N) is 2. The van der Waals surface area contributed by atoms with Gasteiger partial charge in [0.15, 0.2) is 5.96 Å². The Balaban J connectivity index is 0.00000392. The zero-order chi connectivity index (χ0) is 19.7. The van der Waals surface area contributed by atoms with Gasteiger partial charge in [0.25, 0.3) is 0 Å². The minimum absolute atomic E-state index is 0. The maximum atomic E-state index is 12.6. The SMILES string of the molecule is CCNC(=NCC(C)Cn1cccn1)NCCc1ccc(C(F)(F)F)cc1.I. The van der Waals surface area contributed by atoms with E-state index in [1.165, 1.54) is 12.1 Å². The third kappa shape index (κ3) is 8.49. The van der Waals surface area contributed by atoms with Crippen LogP contribution in [-0.2, 0) is 19.1 Å². The highest BCUT2D eigenvalue weighted by molar-refractivity contribution is 14.0. The predicted octanol–water partition coefficient (Wildman–Crippen LogP) is 3.95. The molecule has 1 aromatic heterocycles. The van der Waals surface area contributed by atoms with Crippen LogP contribution in [0.1, 0.15) is 25.0 Å². The van der Waals surface area contributed by atoms with Gasteiger partial charge in [0.1, 0.15) is 0 Å². The Morgan fingerprint density at radius 3 is 2.50 bits per heavy atom. The second-order valence-electron chi connectivity index (χ2n) is 6.42. The van der Waals surface area contributed by atoms with Gasteiger partial charge >= 0.3 is 6.18 Å². The van der Waals surface area contributed by atoms with Crippen LogP contribution in [-0.4, -0.2) is 35.4 Å². The van der Waals surface area contributed by atoms with Crippen molar-refractivity contribution in [2.24, 2.45) is 10.9 Å². The Morgan fingerprint density at radius 1 is 1.21 bits per heavy atom. The van der Waals surface area contributed by atoms with Crippen LogP contribution in [0.15, 0.2) is 47.7 Å². The standard InChI is InChI=1S/C19H26F3N5.HI/c1-3-23-18(25-13-15(2)14-27-12-4-10-26-27)24-11-9-16-5-7-17(8-6-16)19(20,21)22;/h4-8,10,12,15H,3,9,11,13-14H2,1-2H3,(H2,23,24,25);1H. The molecule has 5 nitrogen and oxygen atoms in total. The average molecular weight is 509 g/mol. The summed E-state index contributed by atoms with van der Waals surface area (Å²) in [4.78, 5) is 4.58. The van der Waals surface area contributed by atoms with Gasteiger partial charge in [0, 0.05) is 38.6 Å². The number of benzene rings is 1. The first-order valence-electron chi connectivity index (χ1n) is 9.04. The van der Waals surface area contributed by atoms with Gasteiger partial charge < -0.3 is 10.6 Å². The summed E-state index contributed by atoms with van der Waals surface area (Å²) < 4.78 is 39.6. The van der Waals surface area contributed by atoms with Crippen molar-refractivity contribution in [3.63, 3.8) is 0 Å². The molecule has 0 saturated carbocycles. The van der Waals surface area contributed by atoms with E-state index in [4.69, 9.17) is 0 Å². The lowest BCUT2D eigenvalue weighted by Gasteiger charge is -2.14. The van der Waals surface area contributed by atoms with Gasteiger partial charge in [-0.3, -0.25) is 9.67 Å². The van der Waals surface area contributed by atoms with E-state index in [0.29, 0.717) is 31.4 Å². The molecule has 0 aliphatic rings. The largest absolute Gasteiger partial charge is 0.416 e. The maximum Gasteiger partial charge on any atom is 0.416 e. The first kappa shape index (κ1) is 24.3. The highest BCUT2D eigenvalue weighted by atomic mass is 127. The van der Waals surface area contributed by atoms with Crippen LogP contribution in [0.3, 0.4) is 0 Å². The summed E-state index contributed by atoms with van der Waals surface area (Å²) in [6.45, 7) is 6.86. The van der Waals surface area contributed by atoms with Crippen LogP contribution >= 0.6 is 24.0 Å². The number of rotatable bonds is 8. The first-order valence-corrected chi connectivity index (χ1v) is 9.04. The molecule has 0 saturated heterocycles. The molecule has 1 atom stereocenters. The van der Waals surface area contributed by atoms with Crippen molar-refractivity contribution in [2.75, 3.05) is 19.6 Å². The van der Waals surface area contributed by atoms with Crippen molar-refractivity contribution in [3.8, 4) is 0 Å². The molecule has 0 fully saturated rings. The molecule has 9 heteroatoms. The van der Waals surface area contributed by atoms with Crippen molar-refractivity contribution < 1.29 is 13.2 Å². The molecule has 1 aromatic carbocycles. The van der Waals surface area contributed by atoms with E-state index in [2.05, 4.69) is 27.6 Å². The van der Waals surface area contributed by atoms with Crippen LogP contribution in [0.5, 0.6) is 0 Å². The molecule has 1 unspecified atom stereocenters. The second kappa shape index (κ2) is 11.9. The van der Waals surface area contributed by atoms with Gasteiger partial charge in [-0.1, -0.05) is 19.1 Å². The topological polar surface area (TPSA) is 54.2 Å². The highest BCUT2D eigenvalue weighted by Crippen LogP contribution is 2.29. The third-order valence-corrected chi connectivity index (χ3v) is 3.95. The van der Waals surface area contributed by atoms with Crippen LogP contribution in [0.2, 0.25) is 0 Å². The molecule has 0 aliphatic carbocycles. The van der Waals surface area contributed by atoms with E-state index in [-0.39, 0.29) is 24.0 Å². The van der Waals surface area contributed by atoms with Crippen molar-refractivity contribution in [2.45, 2.75) is 33.0 Å². The molecule has 2 N–H and O–H groups in total. The first-order chi connectivity index (χ1) is 12.9. The molecular formula is C19H27F3IN5. The lowest BCUT2D eigenvalue weighted by Crippen LogP contribution is -2.38. The predicted molar refractivity (Wildman–Crippen MR) is 116 cm³/mol. The van der Waals surface area contributed by atoms with Gasteiger partial charge in [-0.25, -0.2) is 0 Å². The molecule has 2 rings (SSSR count). The van der Waals surface area contributed by atoms with Crippen LogP contribution in [0.25, 0.3) is 0 Å². The van der Waals surface area contributed by atoms with Crippen molar-refractivity contribution in [1.29, 1.82) is 0 Å². The smallest absolute Gasteiger partial charge is 0.357 e. The molecule has 0 radical (unpaired) electrons. The Bertz CT molecular complexity index is 699. The van der Waals surface area contributed by atoms with Gasteiger partial charge in [-0.05, 0) is 43.0 Å². The summed E-state index contributed by atoms with van der Waals surface area (Å²) in [5.74, 6) is 1.03. The van der Waals surface area contributed by atoms with E-state index in [1.807, 2.05) is 23.9 Å². The number of aromatic nitrogens is 2. The molecular weight excluding hydrogens is 482 g/mol. The summed E-state index contributed by atoms with van der Waals surface area (Å²) in [7, 11) is 0. The molecule has 1 heterocycles. The number of aliphatic imine (C=N–C) groups is 1. The summed E-state index contributed by atoms with van der Waals surface area (Å²) in [5, 5.41) is 10.6. The Hall–Kier alpha value is -1.78. The minimum atomic E-state index is -4.30. The minimum Gasteiger partial charge on any atom is -0.357 e. The number of hydrogen-bond donors (Lipinski definition) is 2. The molecule has 0 amide bonds. The van der Waals surface area contributed by atoms with Crippen LogP contribution in [0, 0.1) is 5.92 Å². The van der Waals surface area contributed by atoms with Gasteiger partial charge in [-0.15, -0.1) is 24.0 Å². The number of halogens is 4. The van der Waals surface area contributed by atoms with Crippen LogP contribution < -0.4 is 10.6 Å². The third-order valence-electron chi connectivity index (χ3n) is 3.95. The van der Waals surface area contributed by atoms with E-state index in [1.54, 1.807) is 6.20 Å². The van der Waals surface area contributed by atoms with Gasteiger partial charge in [0.05, 0.1) is 5.56 Å². The summed E-state index contributed by atoms with van der Waals surface area (Å²) in [6, 6.07) is 7.15. The highest BCUT2D eigenvalue weighted by Gasteiger charge is 2.29. The van der Waals surface area contributed by atoms with Crippen molar-refractivity contribution in [3.05, 3.63) is 53.9 Å². The zero-order valence-corrected chi connectivity index (χ0v) is 18.4. The Labute approximate surface area is 180 Å². The van der Waals surface area contributed by atoms with E-state index in [9.17, 15) is 13.2 Å². The fraction of sp³-hybridized carbons (Fsp3) is 0.474. The van der Waals surface area contributed by atoms with E-state index < -0.39 is 11.7 Å². The Kier molecular flexibility index (Phi) is 10.3. The van der Waals surface area contributed by atoms with Crippen molar-refractivity contribution in [1.82, 2.24) is 20.4 Å². The zero-order valence-electron chi connectivity index (χ0n) is 16.0. The molecule has 156 valence electrons. The quantitative estimate of drug-likeness (QED) is 0.322. The number of guanidine groups is 1. The molecule has 0 aliphatic heterocycles.